The van der Waals surface area contributed by atoms with Crippen LogP contribution in [0.4, 0.5) is 5.69 Å². The molecule has 0 saturated heterocycles. The van der Waals surface area contributed by atoms with E-state index in [1.807, 2.05) is 0 Å². The van der Waals surface area contributed by atoms with Crippen LogP contribution < -0.4 is 10.9 Å². The first-order chi connectivity index (χ1) is 13.6. The van der Waals surface area contributed by atoms with Gasteiger partial charge >= 0.3 is 5.97 Å². The molecular weight excluding hydrogens is 382 g/mol. The van der Waals surface area contributed by atoms with Crippen LogP contribution in [-0.4, -0.2) is 21.8 Å². The van der Waals surface area contributed by atoms with Gasteiger partial charge in [0, 0.05) is 0 Å². The zero-order valence-electron chi connectivity index (χ0n) is 14.3. The number of anilines is 1. The number of nitrogens with one attached hydrogen (secondary N) is 2. The molecule has 1 amide bonds. The smallest absolute Gasteiger partial charge is 0.340 e. The number of aromatic nitrogens is 2. The van der Waals surface area contributed by atoms with Crippen molar-refractivity contribution in [3.8, 4) is 0 Å². The summed E-state index contributed by atoms with van der Waals surface area (Å²) in [5.74, 6) is -0.794. The normalized spacial score (nSPS) is 10.7. The number of rotatable bonds is 5. The molecule has 1 aromatic carbocycles. The molecule has 0 aliphatic heterocycles. The molecule has 0 unspecified atom stereocenters. The Morgan fingerprint density at radius 1 is 1.18 bits per heavy atom. The van der Waals surface area contributed by atoms with Gasteiger partial charge in [0.2, 0.25) is 0 Å². The van der Waals surface area contributed by atoms with E-state index in [-0.39, 0.29) is 35.0 Å². The molecule has 28 heavy (non-hydrogen) atoms. The second-order valence-electron chi connectivity index (χ2n) is 5.70. The van der Waals surface area contributed by atoms with Gasteiger partial charge in [0.1, 0.15) is 17.1 Å². The van der Waals surface area contributed by atoms with Crippen LogP contribution in [0.5, 0.6) is 0 Å². The lowest BCUT2D eigenvalue weighted by atomic mass is 10.1. The maximum Gasteiger partial charge on any atom is 0.340 e. The molecule has 0 fully saturated rings. The Morgan fingerprint density at radius 2 is 2.04 bits per heavy atom. The minimum absolute atomic E-state index is 0.119. The Morgan fingerprint density at radius 3 is 2.86 bits per heavy atom. The van der Waals surface area contributed by atoms with Crippen molar-refractivity contribution in [2.24, 2.45) is 0 Å². The molecule has 0 atom stereocenters. The minimum Gasteiger partial charge on any atom is -0.459 e. The van der Waals surface area contributed by atoms with Crippen LogP contribution in [0.1, 0.15) is 26.7 Å². The van der Waals surface area contributed by atoms with Crippen LogP contribution in [0.25, 0.3) is 10.2 Å². The standard InChI is InChI=1S/C19H13N3O5S/c23-17(14-6-3-8-26-14)21-12-5-2-1-4-11(12)19(25)27-10-15-20-13-7-9-28-16(13)18(24)22-15/h1-9H,10H2,(H,21,23)(H,20,22,24). The number of benzene rings is 1. The summed E-state index contributed by atoms with van der Waals surface area (Å²) in [6, 6.07) is 11.3. The van der Waals surface area contributed by atoms with E-state index in [1.54, 1.807) is 35.7 Å². The molecule has 0 spiro atoms. The molecule has 3 heterocycles. The van der Waals surface area contributed by atoms with Gasteiger partial charge in [-0.15, -0.1) is 11.3 Å². The average Bonchev–Trinajstić information content (AvgIpc) is 3.38. The van der Waals surface area contributed by atoms with E-state index < -0.39 is 11.9 Å². The van der Waals surface area contributed by atoms with Crippen LogP contribution in [-0.2, 0) is 11.3 Å². The summed E-state index contributed by atoms with van der Waals surface area (Å²) in [5.41, 5.74) is 0.716. The van der Waals surface area contributed by atoms with Crippen molar-refractivity contribution in [1.82, 2.24) is 9.97 Å². The summed E-state index contributed by atoms with van der Waals surface area (Å²) in [6.07, 6.45) is 1.38. The number of amides is 1. The monoisotopic (exact) mass is 395 g/mol. The number of hydrogen-bond acceptors (Lipinski definition) is 7. The van der Waals surface area contributed by atoms with E-state index in [0.717, 1.165) is 0 Å². The van der Waals surface area contributed by atoms with Gasteiger partial charge < -0.3 is 19.5 Å². The first-order valence-electron chi connectivity index (χ1n) is 8.19. The molecule has 2 N–H and O–H groups in total. The summed E-state index contributed by atoms with van der Waals surface area (Å²) >= 11 is 1.29. The SMILES string of the molecule is O=C(Nc1ccccc1C(=O)OCc1nc2ccsc2c(=O)[nH]1)c1ccco1. The number of H-pyrrole nitrogens is 1. The summed E-state index contributed by atoms with van der Waals surface area (Å²) < 4.78 is 10.8. The Hall–Kier alpha value is -3.72. The lowest BCUT2D eigenvalue weighted by Crippen LogP contribution is -2.16. The van der Waals surface area contributed by atoms with Crippen molar-refractivity contribution in [3.05, 3.63) is 81.6 Å². The molecule has 0 radical (unpaired) electrons. The van der Waals surface area contributed by atoms with E-state index in [9.17, 15) is 14.4 Å². The van der Waals surface area contributed by atoms with Gasteiger partial charge in [-0.1, -0.05) is 12.1 Å². The van der Waals surface area contributed by atoms with E-state index in [0.29, 0.717) is 10.2 Å². The van der Waals surface area contributed by atoms with Gasteiger partial charge in [-0.2, -0.15) is 0 Å². The summed E-state index contributed by atoms with van der Waals surface area (Å²) in [4.78, 5) is 43.5. The fraction of sp³-hybridized carbons (Fsp3) is 0.0526. The number of thiophene rings is 1. The van der Waals surface area contributed by atoms with Gasteiger partial charge in [0.15, 0.2) is 5.76 Å². The van der Waals surface area contributed by atoms with Crippen molar-refractivity contribution >= 4 is 39.1 Å². The van der Waals surface area contributed by atoms with Gasteiger partial charge in [0.05, 0.1) is 23.0 Å². The molecule has 3 aromatic heterocycles. The largest absolute Gasteiger partial charge is 0.459 e. The molecular formula is C19H13N3O5S. The highest BCUT2D eigenvalue weighted by molar-refractivity contribution is 7.17. The topological polar surface area (TPSA) is 114 Å². The van der Waals surface area contributed by atoms with Crippen molar-refractivity contribution in [3.63, 3.8) is 0 Å². The zero-order valence-corrected chi connectivity index (χ0v) is 15.1. The van der Waals surface area contributed by atoms with Gasteiger partial charge in [-0.05, 0) is 35.7 Å². The number of hydrogen-bond donors (Lipinski definition) is 2. The predicted molar refractivity (Wildman–Crippen MR) is 102 cm³/mol. The van der Waals surface area contributed by atoms with Crippen molar-refractivity contribution in [2.45, 2.75) is 6.61 Å². The van der Waals surface area contributed by atoms with Crippen molar-refractivity contribution in [1.29, 1.82) is 0 Å². The molecule has 140 valence electrons. The van der Waals surface area contributed by atoms with Crippen LogP contribution >= 0.6 is 11.3 Å². The fourth-order valence-corrected chi connectivity index (χ4v) is 3.29. The summed E-state index contributed by atoms with van der Waals surface area (Å²) in [5, 5.41) is 4.38. The van der Waals surface area contributed by atoms with Gasteiger partial charge in [0.25, 0.3) is 11.5 Å². The van der Waals surface area contributed by atoms with Crippen LogP contribution in [0.2, 0.25) is 0 Å². The van der Waals surface area contributed by atoms with Gasteiger partial charge in [-0.25, -0.2) is 9.78 Å². The molecule has 8 nitrogen and oxygen atoms in total. The third-order valence-electron chi connectivity index (χ3n) is 3.84. The molecule has 0 saturated carbocycles. The van der Waals surface area contributed by atoms with E-state index in [2.05, 4.69) is 15.3 Å². The number of carbonyl (C=O) groups excluding carboxylic acids is 2. The first-order valence-corrected chi connectivity index (χ1v) is 9.07. The van der Waals surface area contributed by atoms with Crippen LogP contribution in [0.15, 0.2) is 63.3 Å². The third-order valence-corrected chi connectivity index (χ3v) is 4.75. The van der Waals surface area contributed by atoms with Crippen molar-refractivity contribution in [2.75, 3.05) is 5.32 Å². The van der Waals surface area contributed by atoms with Crippen molar-refractivity contribution < 1.29 is 18.7 Å². The number of furan rings is 1. The highest BCUT2D eigenvalue weighted by Crippen LogP contribution is 2.19. The summed E-state index contributed by atoms with van der Waals surface area (Å²) in [7, 11) is 0. The van der Waals surface area contributed by atoms with Crippen LogP contribution in [0.3, 0.4) is 0 Å². The lowest BCUT2D eigenvalue weighted by molar-refractivity contribution is 0.0463. The second-order valence-corrected chi connectivity index (χ2v) is 6.62. The van der Waals surface area contributed by atoms with Gasteiger partial charge in [-0.3, -0.25) is 9.59 Å². The maximum atomic E-state index is 12.5. The molecule has 0 aliphatic rings. The van der Waals surface area contributed by atoms with Crippen LogP contribution in [0, 0.1) is 0 Å². The third kappa shape index (κ3) is 3.55. The zero-order chi connectivity index (χ0) is 19.5. The number of esters is 1. The van der Waals surface area contributed by atoms with E-state index in [4.69, 9.17) is 9.15 Å². The number of aromatic amines is 1. The lowest BCUT2D eigenvalue weighted by Gasteiger charge is -2.10. The number of fused-ring (bicyclic) bond motifs is 1. The Labute approximate surface area is 161 Å². The molecule has 4 rings (SSSR count). The average molecular weight is 395 g/mol. The second kappa shape index (κ2) is 7.49. The van der Waals surface area contributed by atoms with E-state index in [1.165, 1.54) is 29.7 Å². The first kappa shape index (κ1) is 17.7. The Kier molecular flexibility index (Phi) is 4.73. The highest BCUT2D eigenvalue weighted by atomic mass is 32.1. The summed E-state index contributed by atoms with van der Waals surface area (Å²) in [6.45, 7) is -0.208. The minimum atomic E-state index is -0.664. The maximum absolute atomic E-state index is 12.5. The molecule has 9 heteroatoms. The number of carbonyl (C=O) groups is 2. The molecule has 0 bridgehead atoms. The predicted octanol–water partition coefficient (Wildman–Crippen LogP) is 3.19. The fourth-order valence-electron chi connectivity index (χ4n) is 2.56. The van der Waals surface area contributed by atoms with E-state index >= 15 is 0 Å². The number of nitrogens with zero attached hydrogens (tertiary/aromatic N) is 1. The molecule has 4 aromatic rings. The number of ether oxygens (including phenoxy) is 1. The Bertz CT molecular complexity index is 1210. The highest BCUT2D eigenvalue weighted by Gasteiger charge is 2.17. The number of para-hydroxylation sites is 1. The molecule has 0 aliphatic carbocycles. The quantitative estimate of drug-likeness (QED) is 0.502. The Balaban J connectivity index is 1.50.